The Hall–Kier alpha value is -4.00. The number of ether oxygens (including phenoxy) is 3. The second-order valence-electron chi connectivity index (χ2n) is 8.78. The van der Waals surface area contributed by atoms with E-state index in [4.69, 9.17) is 14.2 Å². The van der Waals surface area contributed by atoms with Crippen LogP contribution in [0.15, 0.2) is 72.8 Å². The van der Waals surface area contributed by atoms with Gasteiger partial charge in [-0.3, -0.25) is 9.59 Å². The van der Waals surface area contributed by atoms with Crippen molar-refractivity contribution >= 4 is 17.5 Å². The summed E-state index contributed by atoms with van der Waals surface area (Å²) < 4.78 is 16.1. The summed E-state index contributed by atoms with van der Waals surface area (Å²) in [6.07, 6.45) is 0.541. The van der Waals surface area contributed by atoms with Crippen molar-refractivity contribution in [2.24, 2.45) is 0 Å². The van der Waals surface area contributed by atoms with E-state index in [1.807, 2.05) is 60.7 Å². The number of carbonyl (C=O) groups excluding carboxylic acids is 2. The molecule has 3 aromatic carbocycles. The molecule has 0 aliphatic heterocycles. The summed E-state index contributed by atoms with van der Waals surface area (Å²) in [6, 6.07) is 22.1. The highest BCUT2D eigenvalue weighted by Crippen LogP contribution is 2.32. The van der Waals surface area contributed by atoms with Crippen LogP contribution in [0.4, 0.5) is 5.69 Å². The molecule has 1 unspecified atom stereocenters. The van der Waals surface area contributed by atoms with Crippen molar-refractivity contribution in [2.75, 3.05) is 46.9 Å². The average Bonchev–Trinajstić information content (AvgIpc) is 2.92. The minimum Gasteiger partial charge on any atom is -0.497 e. The summed E-state index contributed by atoms with van der Waals surface area (Å²) in [7, 11) is 8.11. The number of methoxy groups -OCH3 is 3. The molecule has 0 aromatic heterocycles. The van der Waals surface area contributed by atoms with E-state index in [1.165, 1.54) is 4.90 Å². The first-order valence-corrected chi connectivity index (χ1v) is 11.7. The van der Waals surface area contributed by atoms with Crippen LogP contribution < -0.4 is 19.1 Å². The first kappa shape index (κ1) is 26.6. The molecule has 0 heterocycles. The van der Waals surface area contributed by atoms with Gasteiger partial charge in [0.1, 0.15) is 5.75 Å². The fraction of sp³-hybridized carbons (Fsp3) is 0.310. The normalized spacial score (nSPS) is 12.3. The molecule has 0 saturated heterocycles. The van der Waals surface area contributed by atoms with Gasteiger partial charge >= 0.3 is 0 Å². The molecule has 7 nitrogen and oxygen atoms in total. The zero-order valence-electron chi connectivity index (χ0n) is 21.8. The number of hydrogen-bond donors (Lipinski definition) is 0. The quantitative estimate of drug-likeness (QED) is 0.396. The first-order chi connectivity index (χ1) is 17.3. The molecule has 190 valence electrons. The highest BCUT2D eigenvalue weighted by Gasteiger charge is 2.46. The largest absolute Gasteiger partial charge is 0.497 e. The molecule has 3 rings (SSSR count). The Morgan fingerprint density at radius 3 is 1.97 bits per heavy atom. The van der Waals surface area contributed by atoms with E-state index in [2.05, 4.69) is 0 Å². The smallest absolute Gasteiger partial charge is 0.246 e. The first-order valence-electron chi connectivity index (χ1n) is 11.7. The van der Waals surface area contributed by atoms with Crippen LogP contribution in [-0.2, 0) is 21.4 Å². The van der Waals surface area contributed by atoms with E-state index >= 15 is 0 Å². The Morgan fingerprint density at radius 1 is 0.778 bits per heavy atom. The predicted molar refractivity (Wildman–Crippen MR) is 141 cm³/mol. The van der Waals surface area contributed by atoms with Crippen LogP contribution in [0.2, 0.25) is 0 Å². The summed E-state index contributed by atoms with van der Waals surface area (Å²) in [4.78, 5) is 30.9. The SMILES string of the molecule is COc1ccc(N(CCc2ccc(OC)c(OC)c2)C(=O)C(C)(C(=O)N(C)C)c2ccccc2)cc1. The number of likely N-dealkylation sites (N-methyl/N-ethyl adjacent to an activating group) is 1. The van der Waals surface area contributed by atoms with Gasteiger partial charge in [0.05, 0.1) is 21.3 Å². The van der Waals surface area contributed by atoms with Crippen LogP contribution in [0.3, 0.4) is 0 Å². The molecule has 0 saturated carbocycles. The number of anilines is 1. The summed E-state index contributed by atoms with van der Waals surface area (Å²) in [5, 5.41) is 0. The van der Waals surface area contributed by atoms with E-state index in [9.17, 15) is 9.59 Å². The Kier molecular flexibility index (Phi) is 8.59. The van der Waals surface area contributed by atoms with Gasteiger partial charge in [-0.2, -0.15) is 0 Å². The minimum atomic E-state index is -1.41. The molecule has 1 atom stereocenters. The zero-order chi connectivity index (χ0) is 26.3. The molecule has 36 heavy (non-hydrogen) atoms. The molecule has 0 bridgehead atoms. The Balaban J connectivity index is 2.04. The third-order valence-electron chi connectivity index (χ3n) is 6.31. The van der Waals surface area contributed by atoms with Crippen molar-refractivity contribution in [3.8, 4) is 17.2 Å². The van der Waals surface area contributed by atoms with Gasteiger partial charge in [-0.15, -0.1) is 0 Å². The van der Waals surface area contributed by atoms with Crippen molar-refractivity contribution in [3.63, 3.8) is 0 Å². The van der Waals surface area contributed by atoms with Crippen molar-refractivity contribution in [1.29, 1.82) is 0 Å². The number of carbonyl (C=O) groups is 2. The van der Waals surface area contributed by atoms with E-state index in [0.717, 1.165) is 5.56 Å². The lowest BCUT2D eigenvalue weighted by molar-refractivity contribution is -0.141. The van der Waals surface area contributed by atoms with E-state index in [-0.39, 0.29) is 11.8 Å². The summed E-state index contributed by atoms with van der Waals surface area (Å²) in [6.45, 7) is 2.05. The molecule has 2 amide bonds. The molecule has 0 aliphatic rings. The van der Waals surface area contributed by atoms with Gasteiger partial charge in [-0.25, -0.2) is 0 Å². The van der Waals surface area contributed by atoms with Crippen LogP contribution in [0.25, 0.3) is 0 Å². The van der Waals surface area contributed by atoms with E-state index in [0.29, 0.717) is 41.5 Å². The maximum absolute atomic E-state index is 14.3. The lowest BCUT2D eigenvalue weighted by atomic mass is 9.79. The predicted octanol–water partition coefficient (Wildman–Crippen LogP) is 4.33. The van der Waals surface area contributed by atoms with E-state index in [1.54, 1.807) is 59.4 Å². The monoisotopic (exact) mass is 490 g/mol. The maximum atomic E-state index is 14.3. The van der Waals surface area contributed by atoms with Gasteiger partial charge in [0.2, 0.25) is 11.8 Å². The standard InChI is InChI=1S/C29H34N2O5/c1-29(27(32)30(2)3,22-10-8-7-9-11-22)28(33)31(23-13-15-24(34-4)16-14-23)19-18-21-12-17-25(35-5)26(20-21)36-6/h7-17,20H,18-19H2,1-6H3. The summed E-state index contributed by atoms with van der Waals surface area (Å²) >= 11 is 0. The fourth-order valence-corrected chi connectivity index (χ4v) is 4.21. The Morgan fingerprint density at radius 2 is 1.42 bits per heavy atom. The van der Waals surface area contributed by atoms with Gasteiger partial charge in [0.25, 0.3) is 0 Å². The van der Waals surface area contributed by atoms with Gasteiger partial charge in [-0.1, -0.05) is 36.4 Å². The van der Waals surface area contributed by atoms with Crippen LogP contribution in [-0.4, -0.2) is 58.7 Å². The molecular weight excluding hydrogens is 456 g/mol. The molecule has 0 N–H and O–H groups in total. The fourth-order valence-electron chi connectivity index (χ4n) is 4.21. The Bertz CT molecular complexity index is 1180. The van der Waals surface area contributed by atoms with Crippen LogP contribution in [0.1, 0.15) is 18.1 Å². The molecule has 0 fully saturated rings. The highest BCUT2D eigenvalue weighted by atomic mass is 16.5. The molecule has 7 heteroatoms. The lowest BCUT2D eigenvalue weighted by Crippen LogP contribution is -2.54. The van der Waals surface area contributed by atoms with Gasteiger partial charge in [0.15, 0.2) is 16.9 Å². The third-order valence-corrected chi connectivity index (χ3v) is 6.31. The number of nitrogens with zero attached hydrogens (tertiary/aromatic N) is 2. The third kappa shape index (κ3) is 5.46. The van der Waals surface area contributed by atoms with Gasteiger partial charge in [0, 0.05) is 26.3 Å². The summed E-state index contributed by atoms with van der Waals surface area (Å²) in [5.41, 5.74) is 0.870. The molecule has 0 radical (unpaired) electrons. The number of benzene rings is 3. The highest BCUT2D eigenvalue weighted by molar-refractivity contribution is 6.16. The summed E-state index contributed by atoms with van der Waals surface area (Å²) in [5.74, 6) is 1.34. The van der Waals surface area contributed by atoms with Crippen LogP contribution >= 0.6 is 0 Å². The van der Waals surface area contributed by atoms with Crippen molar-refractivity contribution in [3.05, 3.63) is 83.9 Å². The molecule has 0 aliphatic carbocycles. The average molecular weight is 491 g/mol. The Labute approximate surface area is 213 Å². The van der Waals surface area contributed by atoms with E-state index < -0.39 is 5.41 Å². The van der Waals surface area contributed by atoms with Crippen LogP contribution in [0.5, 0.6) is 17.2 Å². The molecule has 0 spiro atoms. The van der Waals surface area contributed by atoms with Crippen LogP contribution in [0, 0.1) is 0 Å². The topological polar surface area (TPSA) is 68.3 Å². The van der Waals surface area contributed by atoms with Crippen molar-refractivity contribution in [2.45, 2.75) is 18.8 Å². The van der Waals surface area contributed by atoms with Gasteiger partial charge < -0.3 is 24.0 Å². The van der Waals surface area contributed by atoms with Crippen molar-refractivity contribution in [1.82, 2.24) is 4.90 Å². The number of rotatable bonds is 10. The number of amides is 2. The van der Waals surface area contributed by atoms with Crippen molar-refractivity contribution < 1.29 is 23.8 Å². The maximum Gasteiger partial charge on any atom is 0.246 e. The minimum absolute atomic E-state index is 0.289. The number of hydrogen-bond acceptors (Lipinski definition) is 5. The second kappa shape index (κ2) is 11.6. The lowest BCUT2D eigenvalue weighted by Gasteiger charge is -2.36. The van der Waals surface area contributed by atoms with Gasteiger partial charge in [-0.05, 0) is 60.9 Å². The molecular formula is C29H34N2O5. The molecule has 3 aromatic rings. The zero-order valence-corrected chi connectivity index (χ0v) is 21.8. The second-order valence-corrected chi connectivity index (χ2v) is 8.78.